The summed E-state index contributed by atoms with van der Waals surface area (Å²) >= 11 is 0. The lowest BCUT2D eigenvalue weighted by atomic mass is 9.93. The molecule has 0 aromatic heterocycles. The van der Waals surface area contributed by atoms with E-state index < -0.39 is 38.0 Å². The Labute approximate surface area is 160 Å². The van der Waals surface area contributed by atoms with E-state index in [1.54, 1.807) is 13.8 Å². The van der Waals surface area contributed by atoms with Crippen LogP contribution in [0.1, 0.15) is 19.4 Å². The molecule has 3 N–H and O–H groups in total. The summed E-state index contributed by atoms with van der Waals surface area (Å²) in [4.78, 5) is 11.5. The van der Waals surface area contributed by atoms with Crippen molar-refractivity contribution in [2.75, 3.05) is 16.6 Å². The molecule has 0 unspecified atom stereocenters. The van der Waals surface area contributed by atoms with Gasteiger partial charge in [0, 0.05) is 11.4 Å². The molecule has 0 atom stereocenters. The fourth-order valence-electron chi connectivity index (χ4n) is 2.05. The third-order valence-corrected chi connectivity index (χ3v) is 5.26. The van der Waals surface area contributed by atoms with E-state index in [4.69, 9.17) is 0 Å². The number of aliphatic hydroxyl groups is 1. The molecule has 2 aromatic rings. The molecular weight excluding hydrogens is 397 g/mol. The standard InChI is InChI=1S/C18H19F3N2O4S/c1-17(2,11-24)16(25)22-13-6-8-14(9-7-13)23-28(26,27)15-5-3-4-12(10-15)18(19,20)21/h3-10,23-24H,11H2,1-2H3,(H,22,25). The number of rotatable bonds is 6. The maximum absolute atomic E-state index is 12.8. The lowest BCUT2D eigenvalue weighted by Crippen LogP contribution is -2.33. The number of amides is 1. The summed E-state index contributed by atoms with van der Waals surface area (Å²) in [5.74, 6) is -0.424. The number of benzene rings is 2. The molecule has 10 heteroatoms. The van der Waals surface area contributed by atoms with Crippen LogP contribution < -0.4 is 10.0 Å². The molecule has 0 bridgehead atoms. The molecule has 28 heavy (non-hydrogen) atoms. The Kier molecular flexibility index (Phi) is 6.05. The van der Waals surface area contributed by atoms with Gasteiger partial charge in [-0.3, -0.25) is 9.52 Å². The predicted octanol–water partition coefficient (Wildman–Crippen LogP) is 3.46. The van der Waals surface area contributed by atoms with Crippen molar-refractivity contribution >= 4 is 27.3 Å². The minimum Gasteiger partial charge on any atom is -0.395 e. The lowest BCUT2D eigenvalue weighted by Gasteiger charge is -2.20. The molecule has 6 nitrogen and oxygen atoms in total. The second-order valence-electron chi connectivity index (χ2n) is 6.70. The van der Waals surface area contributed by atoms with E-state index in [0.29, 0.717) is 11.8 Å². The number of hydrogen-bond donors (Lipinski definition) is 3. The first kappa shape index (κ1) is 21.7. The van der Waals surface area contributed by atoms with Crippen molar-refractivity contribution in [1.29, 1.82) is 0 Å². The van der Waals surface area contributed by atoms with Crippen LogP contribution in [0.2, 0.25) is 0 Å². The SMILES string of the molecule is CC(C)(CO)C(=O)Nc1ccc(NS(=O)(=O)c2cccc(C(F)(F)F)c2)cc1. The largest absolute Gasteiger partial charge is 0.416 e. The molecule has 0 aliphatic rings. The van der Waals surface area contributed by atoms with Crippen LogP contribution in [-0.4, -0.2) is 26.0 Å². The minimum atomic E-state index is -4.66. The zero-order valence-electron chi connectivity index (χ0n) is 15.0. The molecule has 2 rings (SSSR count). The van der Waals surface area contributed by atoms with Gasteiger partial charge in [0.1, 0.15) is 0 Å². The Morgan fingerprint density at radius 3 is 2.14 bits per heavy atom. The van der Waals surface area contributed by atoms with Gasteiger partial charge in [-0.05, 0) is 56.3 Å². The van der Waals surface area contributed by atoms with Crippen LogP contribution in [0.5, 0.6) is 0 Å². The van der Waals surface area contributed by atoms with E-state index in [1.165, 1.54) is 24.3 Å². The zero-order chi connectivity index (χ0) is 21.2. The first-order valence-electron chi connectivity index (χ1n) is 8.08. The van der Waals surface area contributed by atoms with Crippen LogP contribution in [0.4, 0.5) is 24.5 Å². The topological polar surface area (TPSA) is 95.5 Å². The van der Waals surface area contributed by atoms with Crippen LogP contribution >= 0.6 is 0 Å². The van der Waals surface area contributed by atoms with Crippen LogP contribution in [0, 0.1) is 5.41 Å². The number of carbonyl (C=O) groups is 1. The fourth-order valence-corrected chi connectivity index (χ4v) is 3.15. The number of aliphatic hydroxyl groups excluding tert-OH is 1. The van der Waals surface area contributed by atoms with E-state index in [9.17, 15) is 31.5 Å². The first-order chi connectivity index (χ1) is 12.8. The average Bonchev–Trinajstić information content (AvgIpc) is 2.62. The molecule has 152 valence electrons. The normalized spacial score (nSPS) is 12.5. The Morgan fingerprint density at radius 2 is 1.61 bits per heavy atom. The molecule has 1 amide bonds. The molecule has 2 aromatic carbocycles. The quantitative estimate of drug-likeness (QED) is 0.672. The maximum atomic E-state index is 12.8. The summed E-state index contributed by atoms with van der Waals surface area (Å²) in [6.07, 6.45) is -4.66. The highest BCUT2D eigenvalue weighted by atomic mass is 32.2. The predicted molar refractivity (Wildman–Crippen MR) is 98.2 cm³/mol. The third-order valence-electron chi connectivity index (χ3n) is 3.88. The van der Waals surface area contributed by atoms with Gasteiger partial charge in [-0.15, -0.1) is 0 Å². The Balaban J connectivity index is 2.16. The van der Waals surface area contributed by atoms with Gasteiger partial charge >= 0.3 is 6.18 Å². The van der Waals surface area contributed by atoms with Gasteiger partial charge in [0.05, 0.1) is 22.5 Å². The number of hydrogen-bond acceptors (Lipinski definition) is 4. The minimum absolute atomic E-state index is 0.108. The van der Waals surface area contributed by atoms with Crippen molar-refractivity contribution in [2.45, 2.75) is 24.9 Å². The third kappa shape index (κ3) is 5.23. The molecular formula is C18H19F3N2O4S. The summed E-state index contributed by atoms with van der Waals surface area (Å²) in [7, 11) is -4.23. The second-order valence-corrected chi connectivity index (χ2v) is 8.39. The molecule has 0 heterocycles. The van der Waals surface area contributed by atoms with Crippen molar-refractivity contribution < 1.29 is 31.5 Å². The van der Waals surface area contributed by atoms with Gasteiger partial charge in [0.15, 0.2) is 0 Å². The highest BCUT2D eigenvalue weighted by molar-refractivity contribution is 7.92. The van der Waals surface area contributed by atoms with Gasteiger partial charge in [-0.1, -0.05) is 6.07 Å². The van der Waals surface area contributed by atoms with Crippen molar-refractivity contribution in [3.8, 4) is 0 Å². The van der Waals surface area contributed by atoms with Crippen LogP contribution in [0.15, 0.2) is 53.4 Å². The monoisotopic (exact) mass is 416 g/mol. The van der Waals surface area contributed by atoms with Gasteiger partial charge in [-0.25, -0.2) is 8.42 Å². The first-order valence-corrected chi connectivity index (χ1v) is 9.56. The molecule has 0 radical (unpaired) electrons. The molecule has 0 saturated heterocycles. The van der Waals surface area contributed by atoms with Gasteiger partial charge < -0.3 is 10.4 Å². The van der Waals surface area contributed by atoms with Crippen molar-refractivity contribution in [1.82, 2.24) is 0 Å². The number of alkyl halides is 3. The number of sulfonamides is 1. The Hall–Kier alpha value is -2.59. The number of halogens is 3. The van der Waals surface area contributed by atoms with Gasteiger partial charge in [0.25, 0.3) is 10.0 Å². The Bertz CT molecular complexity index is 956. The highest BCUT2D eigenvalue weighted by Gasteiger charge is 2.31. The van der Waals surface area contributed by atoms with Crippen LogP contribution in [-0.2, 0) is 21.0 Å². The van der Waals surface area contributed by atoms with Crippen molar-refractivity contribution in [3.05, 3.63) is 54.1 Å². The number of anilines is 2. The summed E-state index contributed by atoms with van der Waals surface area (Å²) in [5.41, 5.74) is -1.59. The van der Waals surface area contributed by atoms with Crippen LogP contribution in [0.25, 0.3) is 0 Å². The molecule has 0 fully saturated rings. The van der Waals surface area contributed by atoms with Gasteiger partial charge in [0.2, 0.25) is 5.91 Å². The Morgan fingerprint density at radius 1 is 1.04 bits per heavy atom. The van der Waals surface area contributed by atoms with Crippen LogP contribution in [0.3, 0.4) is 0 Å². The van der Waals surface area contributed by atoms with E-state index in [1.807, 2.05) is 0 Å². The van der Waals surface area contributed by atoms with E-state index in [2.05, 4.69) is 10.0 Å². The molecule has 0 spiro atoms. The van der Waals surface area contributed by atoms with E-state index in [-0.39, 0.29) is 12.3 Å². The van der Waals surface area contributed by atoms with Gasteiger partial charge in [-0.2, -0.15) is 13.2 Å². The number of carbonyl (C=O) groups excluding carboxylic acids is 1. The van der Waals surface area contributed by atoms with E-state index in [0.717, 1.165) is 18.2 Å². The summed E-state index contributed by atoms with van der Waals surface area (Å²) < 4.78 is 65.2. The number of nitrogens with one attached hydrogen (secondary N) is 2. The molecule has 0 aliphatic carbocycles. The highest BCUT2D eigenvalue weighted by Crippen LogP contribution is 2.31. The summed E-state index contributed by atoms with van der Waals surface area (Å²) in [6, 6.07) is 8.96. The zero-order valence-corrected chi connectivity index (χ0v) is 15.9. The lowest BCUT2D eigenvalue weighted by molar-refractivity contribution is -0.137. The maximum Gasteiger partial charge on any atom is 0.416 e. The second kappa shape index (κ2) is 7.80. The summed E-state index contributed by atoms with van der Waals surface area (Å²) in [5, 5.41) is 11.8. The average molecular weight is 416 g/mol. The fraction of sp³-hybridized carbons (Fsp3) is 0.278. The summed E-state index contributed by atoms with van der Waals surface area (Å²) in [6.45, 7) is 2.76. The molecule has 0 aliphatic heterocycles. The molecule has 0 saturated carbocycles. The van der Waals surface area contributed by atoms with Crippen molar-refractivity contribution in [3.63, 3.8) is 0 Å². The smallest absolute Gasteiger partial charge is 0.395 e. The van der Waals surface area contributed by atoms with Crippen molar-refractivity contribution in [2.24, 2.45) is 5.41 Å². The van der Waals surface area contributed by atoms with E-state index >= 15 is 0 Å².